The molecule has 0 fully saturated rings. The van der Waals surface area contributed by atoms with Gasteiger partial charge in [-0.05, 0) is 18.1 Å². The monoisotopic (exact) mass is 161 g/mol. The van der Waals surface area contributed by atoms with E-state index in [4.69, 9.17) is 0 Å². The van der Waals surface area contributed by atoms with E-state index < -0.39 is 7.83 Å². The standard InChI is InChI=1S/C6H17OSi2/c1-6(2,3)8-9(4,5)7/h8H2,1-5H3. The highest BCUT2D eigenvalue weighted by molar-refractivity contribution is 7.20. The quantitative estimate of drug-likeness (QED) is 0.520. The summed E-state index contributed by atoms with van der Waals surface area (Å²) in [5, 5.41) is 0.372. The molecule has 0 bridgehead atoms. The topological polar surface area (TPSA) is 19.9 Å². The first-order chi connectivity index (χ1) is 3.71. The summed E-state index contributed by atoms with van der Waals surface area (Å²) in [6.45, 7) is 10.4. The summed E-state index contributed by atoms with van der Waals surface area (Å²) >= 11 is 0. The minimum Gasteiger partial charge on any atom is -0.302 e. The van der Waals surface area contributed by atoms with Crippen molar-refractivity contribution in [3.05, 3.63) is 0 Å². The van der Waals surface area contributed by atoms with Gasteiger partial charge in [-0.15, -0.1) is 0 Å². The summed E-state index contributed by atoms with van der Waals surface area (Å²) in [6.07, 6.45) is 0. The molecule has 1 radical (unpaired) electrons. The second kappa shape index (κ2) is 2.56. The molecule has 0 rings (SSSR count). The zero-order valence-electron chi connectivity index (χ0n) is 7.12. The molecule has 0 atom stereocenters. The van der Waals surface area contributed by atoms with Crippen LogP contribution in [0.5, 0.6) is 0 Å². The first-order valence-corrected chi connectivity index (χ1v) is 9.36. The number of rotatable bonds is 1. The van der Waals surface area contributed by atoms with E-state index in [0.717, 1.165) is 0 Å². The molecule has 0 aromatic heterocycles. The molecule has 0 aliphatic rings. The van der Waals surface area contributed by atoms with Crippen LogP contribution in [0.4, 0.5) is 0 Å². The van der Waals surface area contributed by atoms with E-state index >= 15 is 0 Å². The lowest BCUT2D eigenvalue weighted by atomic mass is 10.3. The van der Waals surface area contributed by atoms with Gasteiger partial charge in [0, 0.05) is 0 Å². The van der Waals surface area contributed by atoms with Gasteiger partial charge in [0.25, 0.3) is 0 Å². The predicted molar refractivity (Wildman–Crippen MR) is 46.4 cm³/mol. The maximum absolute atomic E-state index is 11.3. The van der Waals surface area contributed by atoms with Crippen LogP contribution in [-0.4, -0.2) is 16.9 Å². The van der Waals surface area contributed by atoms with Crippen LogP contribution in [-0.2, 0) is 4.80 Å². The average molecular weight is 161 g/mol. The summed E-state index contributed by atoms with van der Waals surface area (Å²) in [6, 6.07) is 0. The second-order valence-electron chi connectivity index (χ2n) is 4.50. The van der Waals surface area contributed by atoms with Crippen molar-refractivity contribution < 1.29 is 4.80 Å². The van der Waals surface area contributed by atoms with E-state index in [1.807, 2.05) is 13.1 Å². The third-order valence-corrected chi connectivity index (χ3v) is 8.60. The molecular formula is C6H17OSi2. The lowest BCUT2D eigenvalue weighted by Crippen LogP contribution is -2.37. The molecule has 0 amide bonds. The van der Waals surface area contributed by atoms with Gasteiger partial charge in [0.15, 0.2) is 0 Å². The van der Waals surface area contributed by atoms with E-state index in [2.05, 4.69) is 20.8 Å². The fourth-order valence-corrected chi connectivity index (χ4v) is 11.5. The molecule has 0 aromatic rings. The summed E-state index contributed by atoms with van der Waals surface area (Å²) in [5.74, 6) is 0. The van der Waals surface area contributed by atoms with Gasteiger partial charge in [-0.1, -0.05) is 20.8 Å². The van der Waals surface area contributed by atoms with E-state index in [-0.39, 0.29) is 9.04 Å². The Morgan fingerprint density at radius 2 is 1.56 bits per heavy atom. The van der Waals surface area contributed by atoms with Gasteiger partial charge in [0.2, 0.25) is 7.83 Å². The largest absolute Gasteiger partial charge is 0.302 e. The maximum Gasteiger partial charge on any atom is 0.211 e. The smallest absolute Gasteiger partial charge is 0.211 e. The van der Waals surface area contributed by atoms with Gasteiger partial charge in [0.05, 0.1) is 9.04 Å². The summed E-state index contributed by atoms with van der Waals surface area (Å²) in [4.78, 5) is 11.3. The van der Waals surface area contributed by atoms with Crippen LogP contribution < -0.4 is 0 Å². The van der Waals surface area contributed by atoms with Crippen LogP contribution in [0.25, 0.3) is 0 Å². The molecule has 55 valence electrons. The highest BCUT2D eigenvalue weighted by atomic mass is 29.2. The first-order valence-electron chi connectivity index (χ1n) is 3.41. The zero-order valence-corrected chi connectivity index (χ0v) is 9.53. The predicted octanol–water partition coefficient (Wildman–Crippen LogP) is 1.51. The van der Waals surface area contributed by atoms with E-state index in [9.17, 15) is 4.80 Å². The number of hydrogen-bond acceptors (Lipinski definition) is 0. The van der Waals surface area contributed by atoms with E-state index in [1.54, 1.807) is 0 Å². The number of hydrogen-bond donors (Lipinski definition) is 0. The Bertz CT molecular complexity index is 76.2. The van der Waals surface area contributed by atoms with E-state index in [0.29, 0.717) is 5.04 Å². The molecule has 0 saturated carbocycles. The lowest BCUT2D eigenvalue weighted by Gasteiger charge is -2.22. The molecule has 0 spiro atoms. The van der Waals surface area contributed by atoms with Crippen molar-refractivity contribution in [1.29, 1.82) is 0 Å². The van der Waals surface area contributed by atoms with Gasteiger partial charge in [-0.25, -0.2) is 0 Å². The first kappa shape index (κ1) is 9.39. The van der Waals surface area contributed by atoms with Gasteiger partial charge in [0.1, 0.15) is 0 Å². The molecule has 0 aliphatic heterocycles. The Balaban J connectivity index is 3.75. The Morgan fingerprint density at radius 3 is 1.56 bits per heavy atom. The molecule has 0 aliphatic carbocycles. The second-order valence-corrected chi connectivity index (χ2v) is 16.7. The molecule has 3 heteroatoms. The van der Waals surface area contributed by atoms with Crippen molar-refractivity contribution in [2.75, 3.05) is 0 Å². The minimum atomic E-state index is -1.90. The summed E-state index contributed by atoms with van der Waals surface area (Å²) in [7, 11) is -2.23. The van der Waals surface area contributed by atoms with Crippen molar-refractivity contribution in [3.8, 4) is 0 Å². The SMILES string of the molecule is CC(C)(C)[SiH2][Si](C)(C)[O]. The van der Waals surface area contributed by atoms with E-state index in [1.165, 1.54) is 0 Å². The average Bonchev–Trinajstić information content (AvgIpc) is 1.14. The Morgan fingerprint density at radius 1 is 1.22 bits per heavy atom. The lowest BCUT2D eigenvalue weighted by molar-refractivity contribution is 0.447. The summed E-state index contributed by atoms with van der Waals surface area (Å²) < 4.78 is 0. The molecule has 1 nitrogen and oxygen atoms in total. The molecular weight excluding hydrogens is 144 g/mol. The highest BCUT2D eigenvalue weighted by Crippen LogP contribution is 2.23. The van der Waals surface area contributed by atoms with Crippen molar-refractivity contribution in [2.24, 2.45) is 0 Å². The van der Waals surface area contributed by atoms with Crippen molar-refractivity contribution in [3.63, 3.8) is 0 Å². The zero-order chi connectivity index (χ0) is 7.71. The highest BCUT2D eigenvalue weighted by Gasteiger charge is 2.27. The van der Waals surface area contributed by atoms with Crippen molar-refractivity contribution in [1.82, 2.24) is 0 Å². The van der Waals surface area contributed by atoms with Gasteiger partial charge in [-0.2, -0.15) is 0 Å². The molecule has 0 unspecified atom stereocenters. The fraction of sp³-hybridized carbons (Fsp3) is 1.00. The van der Waals surface area contributed by atoms with Crippen molar-refractivity contribution in [2.45, 2.75) is 38.9 Å². The Kier molecular flexibility index (Phi) is 2.67. The molecule has 0 aromatic carbocycles. The summed E-state index contributed by atoms with van der Waals surface area (Å²) in [5.41, 5.74) is 0. The van der Waals surface area contributed by atoms with Crippen molar-refractivity contribution >= 4 is 16.9 Å². The Hall–Kier alpha value is 0.394. The van der Waals surface area contributed by atoms with Gasteiger partial charge < -0.3 is 4.80 Å². The molecule has 0 heterocycles. The van der Waals surface area contributed by atoms with Crippen LogP contribution >= 0.6 is 0 Å². The van der Waals surface area contributed by atoms with Gasteiger partial charge in [-0.3, -0.25) is 0 Å². The van der Waals surface area contributed by atoms with Crippen LogP contribution in [0.3, 0.4) is 0 Å². The normalized spacial score (nSPS) is 15.3. The van der Waals surface area contributed by atoms with Crippen LogP contribution in [0.2, 0.25) is 18.1 Å². The molecule has 0 N–H and O–H groups in total. The third kappa shape index (κ3) is 8.39. The molecule has 0 saturated heterocycles. The van der Waals surface area contributed by atoms with Crippen LogP contribution in [0.1, 0.15) is 20.8 Å². The fourth-order valence-electron chi connectivity index (χ4n) is 1.28. The third-order valence-electron chi connectivity index (χ3n) is 0.956. The van der Waals surface area contributed by atoms with Crippen LogP contribution in [0, 0.1) is 0 Å². The van der Waals surface area contributed by atoms with Gasteiger partial charge >= 0.3 is 0 Å². The maximum atomic E-state index is 11.3. The molecule has 9 heavy (non-hydrogen) atoms. The Labute approximate surface area is 61.2 Å². The minimum absolute atomic E-state index is 0.329. The van der Waals surface area contributed by atoms with Crippen LogP contribution in [0.15, 0.2) is 0 Å².